The number of amides is 1. The fourth-order valence-corrected chi connectivity index (χ4v) is 4.73. The first kappa shape index (κ1) is 16.2. The van der Waals surface area contributed by atoms with E-state index in [4.69, 9.17) is 9.84 Å². The van der Waals surface area contributed by atoms with Gasteiger partial charge in [-0.3, -0.25) is 4.79 Å². The average molecular weight is 319 g/mol. The van der Waals surface area contributed by atoms with Gasteiger partial charge in [0.25, 0.3) is 0 Å². The zero-order valence-corrected chi connectivity index (χ0v) is 12.8. The van der Waals surface area contributed by atoms with E-state index in [1.165, 1.54) is 4.90 Å². The van der Waals surface area contributed by atoms with Crippen LogP contribution in [-0.2, 0) is 24.2 Å². The van der Waals surface area contributed by atoms with E-state index < -0.39 is 44.9 Å². The molecule has 0 radical (unpaired) electrons. The third kappa shape index (κ3) is 3.94. The number of morpholine rings is 1. The van der Waals surface area contributed by atoms with Gasteiger partial charge in [-0.15, -0.1) is 0 Å². The van der Waals surface area contributed by atoms with Crippen LogP contribution in [0.4, 0.5) is 0 Å². The largest absolute Gasteiger partial charge is 0.479 e. The second-order valence-corrected chi connectivity index (χ2v) is 8.07. The summed E-state index contributed by atoms with van der Waals surface area (Å²) in [6, 6.07) is 0. The summed E-state index contributed by atoms with van der Waals surface area (Å²) >= 11 is 0. The number of carbonyl (C=O) groups excluding carboxylic acids is 1. The van der Waals surface area contributed by atoms with Gasteiger partial charge in [-0.1, -0.05) is 12.8 Å². The highest BCUT2D eigenvalue weighted by atomic mass is 32.2. The summed E-state index contributed by atoms with van der Waals surface area (Å²) in [4.78, 5) is 24.5. The molecule has 7 nitrogen and oxygen atoms in total. The van der Waals surface area contributed by atoms with Gasteiger partial charge in [-0.05, 0) is 19.8 Å². The van der Waals surface area contributed by atoms with Gasteiger partial charge < -0.3 is 14.7 Å². The van der Waals surface area contributed by atoms with E-state index in [0.717, 1.165) is 12.8 Å². The quantitative estimate of drug-likeness (QED) is 0.785. The maximum Gasteiger partial charge on any atom is 0.334 e. The Morgan fingerprint density at radius 3 is 2.43 bits per heavy atom. The molecule has 1 saturated carbocycles. The van der Waals surface area contributed by atoms with Crippen LogP contribution in [0.1, 0.15) is 32.6 Å². The lowest BCUT2D eigenvalue weighted by atomic mass is 10.2. The smallest absolute Gasteiger partial charge is 0.334 e. The van der Waals surface area contributed by atoms with E-state index in [1.54, 1.807) is 6.92 Å². The van der Waals surface area contributed by atoms with E-state index in [1.807, 2.05) is 0 Å². The van der Waals surface area contributed by atoms with E-state index >= 15 is 0 Å². The number of ether oxygens (including phenoxy) is 1. The maximum absolute atomic E-state index is 12.2. The number of hydrogen-bond acceptors (Lipinski definition) is 5. The summed E-state index contributed by atoms with van der Waals surface area (Å²) in [6.45, 7) is 1.79. The van der Waals surface area contributed by atoms with E-state index in [-0.39, 0.29) is 13.1 Å². The van der Waals surface area contributed by atoms with E-state index in [2.05, 4.69) is 0 Å². The molecular weight excluding hydrogens is 298 g/mol. The first-order valence-electron chi connectivity index (χ1n) is 7.17. The normalized spacial score (nSPS) is 27.8. The minimum atomic E-state index is -3.44. The molecule has 1 aliphatic heterocycles. The molecule has 21 heavy (non-hydrogen) atoms. The molecular formula is C13H21NO6S. The zero-order valence-electron chi connectivity index (χ0n) is 12.0. The molecule has 8 heteroatoms. The Bertz CT molecular complexity index is 511. The van der Waals surface area contributed by atoms with Crippen molar-refractivity contribution in [3.8, 4) is 0 Å². The van der Waals surface area contributed by atoms with Crippen LogP contribution in [0.3, 0.4) is 0 Å². The maximum atomic E-state index is 12.2. The summed E-state index contributed by atoms with van der Waals surface area (Å²) in [5.74, 6) is -2.20. The number of rotatable bonds is 4. The van der Waals surface area contributed by atoms with Crippen LogP contribution in [0.2, 0.25) is 0 Å². The molecule has 1 unspecified atom stereocenters. The number of carboxylic acid groups (broad SMARTS) is 1. The Kier molecular flexibility index (Phi) is 4.88. The lowest BCUT2D eigenvalue weighted by Crippen LogP contribution is -2.53. The zero-order chi connectivity index (χ0) is 15.6. The fourth-order valence-electron chi connectivity index (χ4n) is 2.92. The predicted molar refractivity (Wildman–Crippen MR) is 74.6 cm³/mol. The Labute approximate surface area is 124 Å². The second-order valence-electron chi connectivity index (χ2n) is 5.79. The van der Waals surface area contributed by atoms with Gasteiger partial charge in [0.05, 0.1) is 17.9 Å². The third-order valence-electron chi connectivity index (χ3n) is 4.02. The molecule has 0 spiro atoms. The van der Waals surface area contributed by atoms with Gasteiger partial charge in [0.1, 0.15) is 5.75 Å². The number of carboxylic acids is 1. The molecule has 1 aliphatic carbocycles. The number of nitrogens with zero attached hydrogens (tertiary/aromatic N) is 1. The topological polar surface area (TPSA) is 101 Å². The van der Waals surface area contributed by atoms with Gasteiger partial charge in [-0.2, -0.15) is 0 Å². The van der Waals surface area contributed by atoms with Crippen LogP contribution in [0.25, 0.3) is 0 Å². The van der Waals surface area contributed by atoms with Crippen molar-refractivity contribution in [2.45, 2.75) is 50.1 Å². The van der Waals surface area contributed by atoms with Gasteiger partial charge in [0, 0.05) is 6.54 Å². The summed E-state index contributed by atoms with van der Waals surface area (Å²) < 4.78 is 29.6. The predicted octanol–water partition coefficient (Wildman–Crippen LogP) is 0.0443. The monoisotopic (exact) mass is 319 g/mol. The van der Waals surface area contributed by atoms with Crippen molar-refractivity contribution in [2.75, 3.05) is 18.8 Å². The molecule has 2 fully saturated rings. The van der Waals surface area contributed by atoms with Crippen LogP contribution < -0.4 is 0 Å². The highest BCUT2D eigenvalue weighted by molar-refractivity contribution is 7.92. The Morgan fingerprint density at radius 2 is 1.86 bits per heavy atom. The number of aliphatic carboxylic acids is 1. The Balaban J connectivity index is 2.00. The average Bonchev–Trinajstić information content (AvgIpc) is 2.92. The van der Waals surface area contributed by atoms with Crippen LogP contribution in [0.5, 0.6) is 0 Å². The molecule has 1 heterocycles. The molecule has 0 aromatic heterocycles. The van der Waals surface area contributed by atoms with Crippen molar-refractivity contribution in [1.82, 2.24) is 4.90 Å². The Morgan fingerprint density at radius 1 is 1.24 bits per heavy atom. The lowest BCUT2D eigenvalue weighted by molar-refractivity contribution is -0.165. The minimum absolute atomic E-state index is 0.0985. The number of hydrogen-bond donors (Lipinski definition) is 1. The fraction of sp³-hybridized carbons (Fsp3) is 0.846. The van der Waals surface area contributed by atoms with Crippen molar-refractivity contribution in [3.05, 3.63) is 0 Å². The molecule has 1 N–H and O–H groups in total. The summed E-state index contributed by atoms with van der Waals surface area (Å²) in [5.41, 5.74) is 0. The van der Waals surface area contributed by atoms with Crippen LogP contribution in [-0.4, -0.2) is 66.6 Å². The SMILES string of the molecule is C[C@@H]1CN(C(=O)CS(=O)(=O)C2CCCC2)CC(C(=O)O)O1. The minimum Gasteiger partial charge on any atom is -0.479 e. The van der Waals surface area contributed by atoms with Crippen molar-refractivity contribution in [3.63, 3.8) is 0 Å². The van der Waals surface area contributed by atoms with Crippen LogP contribution in [0, 0.1) is 0 Å². The molecule has 2 aliphatic rings. The van der Waals surface area contributed by atoms with Crippen molar-refractivity contribution < 1.29 is 27.9 Å². The molecule has 1 saturated heterocycles. The van der Waals surface area contributed by atoms with Crippen LogP contribution >= 0.6 is 0 Å². The standard InChI is InChI=1S/C13H21NO6S/c1-9-6-14(7-11(20-9)13(16)17)12(15)8-21(18,19)10-4-2-3-5-10/h9-11H,2-8H2,1H3,(H,16,17)/t9-,11?/m1/s1. The van der Waals surface area contributed by atoms with Crippen molar-refractivity contribution in [1.29, 1.82) is 0 Å². The molecule has 120 valence electrons. The van der Waals surface area contributed by atoms with Crippen LogP contribution in [0.15, 0.2) is 0 Å². The van der Waals surface area contributed by atoms with Gasteiger partial charge in [0.15, 0.2) is 15.9 Å². The third-order valence-corrected chi connectivity index (χ3v) is 6.16. The van der Waals surface area contributed by atoms with Gasteiger partial charge >= 0.3 is 5.97 Å². The molecule has 1 amide bonds. The second kappa shape index (κ2) is 6.31. The van der Waals surface area contributed by atoms with Gasteiger partial charge in [0.2, 0.25) is 5.91 Å². The molecule has 2 rings (SSSR count). The highest BCUT2D eigenvalue weighted by Gasteiger charge is 2.36. The first-order chi connectivity index (χ1) is 9.79. The lowest BCUT2D eigenvalue weighted by Gasteiger charge is -2.35. The Hall–Kier alpha value is -1.15. The molecule has 2 atom stereocenters. The first-order valence-corrected chi connectivity index (χ1v) is 8.89. The number of carbonyl (C=O) groups is 2. The van der Waals surface area contributed by atoms with E-state index in [0.29, 0.717) is 12.8 Å². The molecule has 0 aromatic rings. The van der Waals surface area contributed by atoms with Crippen molar-refractivity contribution in [2.24, 2.45) is 0 Å². The summed E-state index contributed by atoms with van der Waals surface area (Å²) in [7, 11) is -3.44. The van der Waals surface area contributed by atoms with E-state index in [9.17, 15) is 18.0 Å². The molecule has 0 bridgehead atoms. The van der Waals surface area contributed by atoms with Crippen molar-refractivity contribution >= 4 is 21.7 Å². The molecule has 0 aromatic carbocycles. The van der Waals surface area contributed by atoms with Gasteiger partial charge in [-0.25, -0.2) is 13.2 Å². The highest BCUT2D eigenvalue weighted by Crippen LogP contribution is 2.25. The summed E-state index contributed by atoms with van der Waals surface area (Å²) in [5, 5.41) is 8.56. The summed E-state index contributed by atoms with van der Waals surface area (Å²) in [6.07, 6.45) is 1.49. The number of sulfone groups is 1.